The van der Waals surface area contributed by atoms with Crippen molar-refractivity contribution in [3.63, 3.8) is 0 Å². The molecule has 1 heterocycles. The Morgan fingerprint density at radius 1 is 1.13 bits per heavy atom. The minimum atomic E-state index is 0.151. The summed E-state index contributed by atoms with van der Waals surface area (Å²) in [5.41, 5.74) is 0. The highest BCUT2D eigenvalue weighted by molar-refractivity contribution is 7.99. The molecule has 2 aromatic rings. The maximum Gasteiger partial charge on any atom is 0.233 e. The molecule has 0 atom stereocenters. The van der Waals surface area contributed by atoms with Gasteiger partial charge in [0, 0.05) is 20.1 Å². The van der Waals surface area contributed by atoms with Crippen molar-refractivity contribution in [1.29, 1.82) is 0 Å². The van der Waals surface area contributed by atoms with Crippen molar-refractivity contribution in [2.45, 2.75) is 52.3 Å². The zero-order valence-corrected chi connectivity index (χ0v) is 20.2. The second-order valence-corrected chi connectivity index (χ2v) is 9.56. The van der Waals surface area contributed by atoms with Crippen molar-refractivity contribution in [3.8, 4) is 5.75 Å². The summed E-state index contributed by atoms with van der Waals surface area (Å²) >= 11 is 7.54. The monoisotopic (exact) mass is 452 g/mol. The van der Waals surface area contributed by atoms with Crippen molar-refractivity contribution in [1.82, 2.24) is 19.7 Å². The number of thioether (sulfide) groups is 1. The lowest BCUT2D eigenvalue weighted by atomic mass is 10.1. The molecule has 0 bridgehead atoms. The highest BCUT2D eigenvalue weighted by atomic mass is 35.5. The van der Waals surface area contributed by atoms with Crippen LogP contribution in [-0.4, -0.2) is 44.4 Å². The quantitative estimate of drug-likeness (QED) is 0.421. The summed E-state index contributed by atoms with van der Waals surface area (Å²) in [6.07, 6.45) is 2.03. The molecule has 2 rings (SSSR count). The van der Waals surface area contributed by atoms with Gasteiger partial charge in [-0.25, -0.2) is 0 Å². The summed E-state index contributed by atoms with van der Waals surface area (Å²) in [7, 11) is 1.88. The van der Waals surface area contributed by atoms with Crippen LogP contribution in [0, 0.1) is 11.8 Å². The summed E-state index contributed by atoms with van der Waals surface area (Å²) < 4.78 is 7.61. The van der Waals surface area contributed by atoms with E-state index in [2.05, 4.69) is 37.9 Å². The van der Waals surface area contributed by atoms with Crippen molar-refractivity contribution in [2.24, 2.45) is 18.9 Å². The Balaban J connectivity index is 1.91. The zero-order valence-electron chi connectivity index (χ0n) is 18.6. The minimum Gasteiger partial charge on any atom is -0.484 e. The predicted molar refractivity (Wildman–Crippen MR) is 123 cm³/mol. The fraction of sp³-hybridized carbons (Fsp3) is 0.591. The van der Waals surface area contributed by atoms with Gasteiger partial charge in [0.1, 0.15) is 12.4 Å². The minimum absolute atomic E-state index is 0.151. The molecule has 0 N–H and O–H groups in total. The van der Waals surface area contributed by atoms with Crippen LogP contribution in [0.15, 0.2) is 29.4 Å². The van der Waals surface area contributed by atoms with E-state index in [0.717, 1.165) is 25.9 Å². The summed E-state index contributed by atoms with van der Waals surface area (Å²) in [4.78, 5) is 14.8. The lowest BCUT2D eigenvalue weighted by molar-refractivity contribution is -0.128. The number of hydrogen-bond donors (Lipinski definition) is 0. The first-order valence-corrected chi connectivity index (χ1v) is 11.8. The molecule has 0 aliphatic rings. The number of para-hydroxylation sites is 1. The van der Waals surface area contributed by atoms with Crippen LogP contribution in [0.25, 0.3) is 0 Å². The van der Waals surface area contributed by atoms with E-state index >= 15 is 0 Å². The molecule has 1 amide bonds. The Morgan fingerprint density at radius 3 is 2.37 bits per heavy atom. The second-order valence-electron chi connectivity index (χ2n) is 8.21. The van der Waals surface area contributed by atoms with Crippen molar-refractivity contribution in [2.75, 3.05) is 18.8 Å². The Labute approximate surface area is 189 Å². The van der Waals surface area contributed by atoms with Gasteiger partial charge < -0.3 is 14.2 Å². The third-order valence-electron chi connectivity index (χ3n) is 4.75. The normalized spacial score (nSPS) is 11.3. The van der Waals surface area contributed by atoms with E-state index < -0.39 is 0 Å². The molecular formula is C22H33ClN4O2S. The SMILES string of the molecule is CC(C)CCN(CCC(C)C)C(=O)CSc1nnc(COc2ccccc2Cl)n1C. The lowest BCUT2D eigenvalue weighted by Crippen LogP contribution is -2.35. The van der Waals surface area contributed by atoms with Crippen molar-refractivity contribution < 1.29 is 9.53 Å². The summed E-state index contributed by atoms with van der Waals surface area (Å²) in [5, 5.41) is 9.68. The fourth-order valence-electron chi connectivity index (χ4n) is 2.71. The van der Waals surface area contributed by atoms with Gasteiger partial charge in [-0.15, -0.1) is 10.2 Å². The predicted octanol–water partition coefficient (Wildman–Crippen LogP) is 5.06. The summed E-state index contributed by atoms with van der Waals surface area (Å²) in [6, 6.07) is 7.32. The summed E-state index contributed by atoms with van der Waals surface area (Å²) in [6.45, 7) is 10.6. The van der Waals surface area contributed by atoms with Gasteiger partial charge in [-0.2, -0.15) is 0 Å². The van der Waals surface area contributed by atoms with Crippen LogP contribution >= 0.6 is 23.4 Å². The van der Waals surface area contributed by atoms with Gasteiger partial charge in [-0.05, 0) is 36.8 Å². The van der Waals surface area contributed by atoms with E-state index in [1.165, 1.54) is 11.8 Å². The topological polar surface area (TPSA) is 60.3 Å². The van der Waals surface area contributed by atoms with Gasteiger partial charge in [0.05, 0.1) is 10.8 Å². The first-order valence-electron chi connectivity index (χ1n) is 10.4. The summed E-state index contributed by atoms with van der Waals surface area (Å²) in [5.74, 6) is 2.95. The average molecular weight is 453 g/mol. The molecule has 0 aliphatic heterocycles. The molecule has 0 unspecified atom stereocenters. The van der Waals surface area contributed by atoms with Crippen LogP contribution < -0.4 is 4.74 Å². The van der Waals surface area contributed by atoms with Crippen molar-refractivity contribution >= 4 is 29.3 Å². The maximum atomic E-state index is 12.8. The van der Waals surface area contributed by atoms with Crippen LogP contribution in [0.1, 0.15) is 46.4 Å². The number of nitrogens with zero attached hydrogens (tertiary/aromatic N) is 4. The van der Waals surface area contributed by atoms with Gasteiger partial charge in [0.15, 0.2) is 11.0 Å². The molecule has 166 valence electrons. The standard InChI is InChI=1S/C22H33ClN4O2S/c1-16(2)10-12-27(13-11-17(3)4)21(28)15-30-22-25-24-20(26(22)5)14-29-19-9-7-6-8-18(19)23/h6-9,16-17H,10-15H2,1-5H3. The third kappa shape index (κ3) is 7.84. The van der Waals surface area contributed by atoms with Gasteiger partial charge >= 0.3 is 0 Å². The Hall–Kier alpha value is -1.73. The average Bonchev–Trinajstić information content (AvgIpc) is 3.04. The van der Waals surface area contributed by atoms with E-state index in [9.17, 15) is 4.79 Å². The van der Waals surface area contributed by atoms with Gasteiger partial charge in [-0.3, -0.25) is 4.79 Å². The Kier molecular flexibility index (Phi) is 9.98. The molecule has 1 aromatic carbocycles. The van der Waals surface area contributed by atoms with E-state index in [0.29, 0.717) is 39.3 Å². The van der Waals surface area contributed by atoms with Gasteiger partial charge in [0.25, 0.3) is 0 Å². The molecule has 0 radical (unpaired) electrons. The smallest absolute Gasteiger partial charge is 0.233 e. The van der Waals surface area contributed by atoms with Crippen molar-refractivity contribution in [3.05, 3.63) is 35.1 Å². The number of ether oxygens (including phenoxy) is 1. The van der Waals surface area contributed by atoms with E-state index in [1.807, 2.05) is 34.7 Å². The van der Waals surface area contributed by atoms with Gasteiger partial charge in [-0.1, -0.05) is 63.2 Å². The largest absolute Gasteiger partial charge is 0.484 e. The molecule has 8 heteroatoms. The van der Waals surface area contributed by atoms with E-state index in [-0.39, 0.29) is 12.5 Å². The van der Waals surface area contributed by atoms with Crippen LogP contribution in [0.2, 0.25) is 5.02 Å². The maximum absolute atomic E-state index is 12.8. The molecule has 0 aliphatic carbocycles. The first-order chi connectivity index (χ1) is 14.3. The van der Waals surface area contributed by atoms with E-state index in [1.54, 1.807) is 6.07 Å². The Bertz CT molecular complexity index is 798. The third-order valence-corrected chi connectivity index (χ3v) is 6.07. The number of benzene rings is 1. The molecule has 0 saturated heterocycles. The van der Waals surface area contributed by atoms with Gasteiger partial charge in [0.2, 0.25) is 5.91 Å². The molecule has 0 spiro atoms. The number of carbonyl (C=O) groups is 1. The van der Waals surface area contributed by atoms with Crippen LogP contribution in [0.3, 0.4) is 0 Å². The zero-order chi connectivity index (χ0) is 22.1. The second kappa shape index (κ2) is 12.2. The number of carbonyl (C=O) groups excluding carboxylic acids is 1. The molecule has 0 saturated carbocycles. The van der Waals surface area contributed by atoms with Crippen LogP contribution in [0.4, 0.5) is 0 Å². The highest BCUT2D eigenvalue weighted by Gasteiger charge is 2.17. The molecule has 1 aromatic heterocycles. The van der Waals surface area contributed by atoms with Crippen LogP contribution in [0.5, 0.6) is 5.75 Å². The highest BCUT2D eigenvalue weighted by Crippen LogP contribution is 2.24. The molecule has 0 fully saturated rings. The molecule has 30 heavy (non-hydrogen) atoms. The number of amides is 1. The Morgan fingerprint density at radius 2 is 1.77 bits per heavy atom. The van der Waals surface area contributed by atoms with E-state index in [4.69, 9.17) is 16.3 Å². The number of hydrogen-bond acceptors (Lipinski definition) is 5. The number of aromatic nitrogens is 3. The molecular weight excluding hydrogens is 420 g/mol. The number of rotatable bonds is 12. The lowest BCUT2D eigenvalue weighted by Gasteiger charge is -2.24. The molecule has 6 nitrogen and oxygen atoms in total. The first kappa shape index (κ1) is 24.5. The van der Waals surface area contributed by atoms with Crippen LogP contribution in [-0.2, 0) is 18.4 Å². The number of halogens is 1. The fourth-order valence-corrected chi connectivity index (χ4v) is 3.73.